The average molecular weight is 246 g/mol. The minimum atomic E-state index is -1.36. The van der Waals surface area contributed by atoms with E-state index in [1.54, 1.807) is 0 Å². The largest absolute Gasteiger partial charge is 0.328 e. The molecule has 0 radical (unpaired) electrons. The van der Waals surface area contributed by atoms with Crippen molar-refractivity contribution < 1.29 is 9.36 Å². The van der Waals surface area contributed by atoms with E-state index in [9.17, 15) is 9.36 Å². The van der Waals surface area contributed by atoms with E-state index >= 15 is 0 Å². The van der Waals surface area contributed by atoms with E-state index in [1.165, 1.54) is 0 Å². The molecule has 2 rings (SSSR count). The normalized spacial score (nSPS) is 37.8. The first kappa shape index (κ1) is 12.0. The fraction of sp³-hybridized carbons (Fsp3) is 0.889. The molecule has 0 aromatic carbocycles. The number of carbonyl (C=O) groups excluding carboxylic acids is 1. The molecule has 7 heteroatoms. The highest BCUT2D eigenvalue weighted by atomic mass is 31.1. The van der Waals surface area contributed by atoms with Crippen LogP contribution in [0.3, 0.4) is 0 Å². The van der Waals surface area contributed by atoms with Crippen molar-refractivity contribution in [3.63, 3.8) is 0 Å². The van der Waals surface area contributed by atoms with Crippen LogP contribution in [0.4, 0.5) is 0 Å². The Bertz CT molecular complexity index is 308. The monoisotopic (exact) mass is 246 g/mol. The first-order valence-electron chi connectivity index (χ1n) is 5.65. The Balaban J connectivity index is 2.23. The van der Waals surface area contributed by atoms with Crippen molar-refractivity contribution in [3.05, 3.63) is 0 Å². The van der Waals surface area contributed by atoms with Gasteiger partial charge in [0.1, 0.15) is 0 Å². The molecule has 92 valence electrons. The van der Waals surface area contributed by atoms with Crippen LogP contribution >= 0.6 is 8.46 Å². The van der Waals surface area contributed by atoms with Gasteiger partial charge in [0.25, 0.3) is 5.91 Å². The van der Waals surface area contributed by atoms with Crippen molar-refractivity contribution in [1.29, 1.82) is 0 Å². The van der Waals surface area contributed by atoms with Gasteiger partial charge in [0.15, 0.2) is 5.28 Å². The number of nitrogens with two attached hydrogens (primary N) is 2. The third kappa shape index (κ3) is 1.80. The molecule has 16 heavy (non-hydrogen) atoms. The summed E-state index contributed by atoms with van der Waals surface area (Å²) in [5, 5.41) is -0.144. The van der Waals surface area contributed by atoms with Crippen LogP contribution in [0.15, 0.2) is 0 Å². The van der Waals surface area contributed by atoms with Crippen LogP contribution in [0.25, 0.3) is 0 Å². The van der Waals surface area contributed by atoms with Crippen LogP contribution in [0.5, 0.6) is 0 Å². The molecule has 2 aliphatic heterocycles. The number of hydrogen-bond acceptors (Lipinski definition) is 5. The molecule has 2 aliphatic rings. The van der Waals surface area contributed by atoms with Crippen molar-refractivity contribution >= 4 is 14.4 Å². The Labute approximate surface area is 96.1 Å². The summed E-state index contributed by atoms with van der Waals surface area (Å²) in [6, 6.07) is -0.102. The van der Waals surface area contributed by atoms with Crippen LogP contribution in [0.2, 0.25) is 0 Å². The fourth-order valence-corrected chi connectivity index (χ4v) is 3.46. The first-order valence-corrected chi connectivity index (χ1v) is 6.70. The third-order valence-electron chi connectivity index (χ3n) is 3.60. The summed E-state index contributed by atoms with van der Waals surface area (Å²) < 4.78 is 11.4. The molecule has 0 aromatic rings. The molecule has 0 saturated carbocycles. The lowest BCUT2D eigenvalue weighted by Gasteiger charge is -2.44. The van der Waals surface area contributed by atoms with Crippen molar-refractivity contribution in [2.24, 2.45) is 11.6 Å². The van der Waals surface area contributed by atoms with Crippen LogP contribution in [0, 0.1) is 0 Å². The van der Waals surface area contributed by atoms with E-state index in [-0.39, 0.29) is 11.9 Å². The van der Waals surface area contributed by atoms with Crippen LogP contribution in [0.1, 0.15) is 19.3 Å². The fourth-order valence-electron chi connectivity index (χ4n) is 2.66. The lowest BCUT2D eigenvalue weighted by molar-refractivity contribution is -0.139. The number of likely N-dealkylation sites (tertiary alicyclic amines) is 1. The van der Waals surface area contributed by atoms with Gasteiger partial charge in [-0.15, -0.1) is 0 Å². The molecule has 2 heterocycles. The van der Waals surface area contributed by atoms with Crippen molar-refractivity contribution in [2.45, 2.75) is 30.6 Å². The van der Waals surface area contributed by atoms with Crippen LogP contribution in [-0.2, 0) is 9.36 Å². The third-order valence-corrected chi connectivity index (χ3v) is 4.62. The van der Waals surface area contributed by atoms with Crippen molar-refractivity contribution in [2.75, 3.05) is 19.6 Å². The molecule has 0 bridgehead atoms. The molecule has 6 nitrogen and oxygen atoms in total. The lowest BCUT2D eigenvalue weighted by atomic mass is 9.98. The van der Waals surface area contributed by atoms with Gasteiger partial charge in [-0.3, -0.25) is 14.7 Å². The second-order valence-corrected chi connectivity index (χ2v) is 5.79. The Morgan fingerprint density at radius 2 is 1.94 bits per heavy atom. The zero-order valence-electron chi connectivity index (χ0n) is 9.26. The smallest absolute Gasteiger partial charge is 0.265 e. The molecular weight excluding hydrogens is 227 g/mol. The summed E-state index contributed by atoms with van der Waals surface area (Å²) in [7, 11) is -1.36. The maximum Gasteiger partial charge on any atom is 0.265 e. The van der Waals surface area contributed by atoms with Gasteiger partial charge >= 0.3 is 0 Å². The predicted octanol–water partition coefficient (Wildman–Crippen LogP) is -1.03. The Morgan fingerprint density at radius 1 is 1.31 bits per heavy atom. The van der Waals surface area contributed by atoms with E-state index in [0.29, 0.717) is 13.0 Å². The molecule has 0 spiro atoms. The molecule has 3 atom stereocenters. The maximum atomic E-state index is 11.9. The molecule has 4 N–H and O–H groups in total. The van der Waals surface area contributed by atoms with Gasteiger partial charge in [-0.05, 0) is 32.4 Å². The highest BCUT2D eigenvalue weighted by molar-refractivity contribution is 7.27. The van der Waals surface area contributed by atoms with E-state index in [4.69, 9.17) is 11.6 Å². The van der Waals surface area contributed by atoms with Crippen LogP contribution < -0.4 is 11.6 Å². The first-order chi connectivity index (χ1) is 7.59. The Hall–Kier alpha value is -0.420. The van der Waals surface area contributed by atoms with E-state index in [1.807, 2.05) is 0 Å². The van der Waals surface area contributed by atoms with Gasteiger partial charge in [-0.2, -0.15) is 0 Å². The number of hydrazine groups is 1. The standard InChI is InChI=1S/C9H19N4O2P/c10-9(16-15)7(12-4-1-2-5-12)3-6-13(11)8(9)14/h7H,1-6,10-11,16H2/t7?,9-/m0/s1. The summed E-state index contributed by atoms with van der Waals surface area (Å²) in [6.07, 6.45) is 2.97. The summed E-state index contributed by atoms with van der Waals surface area (Å²) >= 11 is 0. The average Bonchev–Trinajstić information content (AvgIpc) is 2.79. The molecule has 2 fully saturated rings. The number of nitrogens with zero attached hydrogens (tertiary/aromatic N) is 2. The summed E-state index contributed by atoms with van der Waals surface area (Å²) in [5.41, 5.74) is 6.03. The van der Waals surface area contributed by atoms with Crippen molar-refractivity contribution in [1.82, 2.24) is 9.91 Å². The predicted molar refractivity (Wildman–Crippen MR) is 62.4 cm³/mol. The number of hydrogen-bond donors (Lipinski definition) is 2. The second-order valence-electron chi connectivity index (χ2n) is 4.60. The zero-order valence-corrected chi connectivity index (χ0v) is 10.4. The summed E-state index contributed by atoms with van der Waals surface area (Å²) in [5.74, 6) is 5.18. The number of amides is 1. The summed E-state index contributed by atoms with van der Waals surface area (Å²) in [4.78, 5) is 14.1. The lowest BCUT2D eigenvalue weighted by Crippen LogP contribution is -2.68. The molecule has 0 aliphatic carbocycles. The highest BCUT2D eigenvalue weighted by Crippen LogP contribution is 2.34. The minimum Gasteiger partial charge on any atom is -0.328 e. The molecule has 0 aromatic heterocycles. The number of carbonyl (C=O) groups is 1. The Morgan fingerprint density at radius 3 is 2.50 bits per heavy atom. The van der Waals surface area contributed by atoms with Gasteiger partial charge in [0, 0.05) is 12.6 Å². The molecular formula is C9H19N4O2P. The number of rotatable bonds is 2. The quantitative estimate of drug-likeness (QED) is 0.369. The topological polar surface area (TPSA) is 92.7 Å². The van der Waals surface area contributed by atoms with Gasteiger partial charge < -0.3 is 10.3 Å². The van der Waals surface area contributed by atoms with Crippen molar-refractivity contribution in [3.8, 4) is 0 Å². The SMILES string of the molecule is NN1CCC(N2CCCC2)[C@](N)([PH2]=O)C1=O. The Kier molecular flexibility index (Phi) is 3.35. The van der Waals surface area contributed by atoms with Gasteiger partial charge in [-0.1, -0.05) is 0 Å². The van der Waals surface area contributed by atoms with E-state index in [2.05, 4.69) is 4.90 Å². The van der Waals surface area contributed by atoms with Gasteiger partial charge in [0.2, 0.25) is 0 Å². The highest BCUT2D eigenvalue weighted by Gasteiger charge is 2.49. The number of piperidine rings is 1. The molecule has 2 saturated heterocycles. The van der Waals surface area contributed by atoms with Gasteiger partial charge in [0.05, 0.1) is 8.46 Å². The minimum absolute atomic E-state index is 0.102. The second kappa shape index (κ2) is 4.45. The molecule has 1 amide bonds. The van der Waals surface area contributed by atoms with E-state index < -0.39 is 13.7 Å². The maximum absolute atomic E-state index is 11.9. The zero-order chi connectivity index (χ0) is 11.8. The van der Waals surface area contributed by atoms with E-state index in [0.717, 1.165) is 30.9 Å². The summed E-state index contributed by atoms with van der Waals surface area (Å²) in [6.45, 7) is 2.39. The van der Waals surface area contributed by atoms with Gasteiger partial charge in [-0.25, -0.2) is 5.84 Å². The molecule has 2 unspecified atom stereocenters. The van der Waals surface area contributed by atoms with Crippen LogP contribution in [-0.4, -0.2) is 46.8 Å².